The van der Waals surface area contributed by atoms with Gasteiger partial charge in [-0.3, -0.25) is 4.79 Å². The standard InChI is InChI=1S/C18H16ClN3O2/c19-13-4-5-15-12(9-13)10-16(24-15)18(23)20-7-6-14-11-22-8-2-1-3-17(22)21-14/h1-5,8-9,11,16H,6-7,10H2,(H,20,23)/t16-/m0/s1. The van der Waals surface area contributed by atoms with E-state index in [-0.39, 0.29) is 5.91 Å². The molecule has 1 aromatic carbocycles. The molecule has 0 bridgehead atoms. The molecular formula is C18H16ClN3O2. The summed E-state index contributed by atoms with van der Waals surface area (Å²) in [7, 11) is 0. The smallest absolute Gasteiger partial charge is 0.261 e. The van der Waals surface area contributed by atoms with Gasteiger partial charge in [-0.05, 0) is 35.9 Å². The molecule has 0 saturated heterocycles. The summed E-state index contributed by atoms with van der Waals surface area (Å²) in [6.45, 7) is 0.527. The molecule has 1 aliphatic heterocycles. The van der Waals surface area contributed by atoms with E-state index in [1.165, 1.54) is 0 Å². The summed E-state index contributed by atoms with van der Waals surface area (Å²) in [4.78, 5) is 16.8. The van der Waals surface area contributed by atoms with Crippen LogP contribution >= 0.6 is 11.6 Å². The molecule has 0 radical (unpaired) electrons. The maximum atomic E-state index is 12.3. The zero-order valence-corrected chi connectivity index (χ0v) is 13.7. The van der Waals surface area contributed by atoms with Crippen molar-refractivity contribution in [2.75, 3.05) is 6.54 Å². The molecule has 0 spiro atoms. The number of fused-ring (bicyclic) bond motifs is 2. The van der Waals surface area contributed by atoms with Crippen LogP contribution in [0, 0.1) is 0 Å². The molecule has 1 amide bonds. The SMILES string of the molecule is O=C(NCCc1cn2ccccc2n1)[C@@H]1Cc2cc(Cl)ccc2O1. The largest absolute Gasteiger partial charge is 0.480 e. The van der Waals surface area contributed by atoms with Gasteiger partial charge in [-0.15, -0.1) is 0 Å². The van der Waals surface area contributed by atoms with Crippen LogP contribution in [-0.4, -0.2) is 27.9 Å². The molecule has 24 heavy (non-hydrogen) atoms. The Hall–Kier alpha value is -2.53. The van der Waals surface area contributed by atoms with Crippen molar-refractivity contribution >= 4 is 23.2 Å². The average molecular weight is 342 g/mol. The summed E-state index contributed by atoms with van der Waals surface area (Å²) >= 11 is 5.97. The van der Waals surface area contributed by atoms with Crippen molar-refractivity contribution in [1.29, 1.82) is 0 Å². The van der Waals surface area contributed by atoms with Crippen LogP contribution in [0.5, 0.6) is 5.75 Å². The molecular weight excluding hydrogens is 326 g/mol. The van der Waals surface area contributed by atoms with E-state index in [0.717, 1.165) is 22.7 Å². The van der Waals surface area contributed by atoms with E-state index in [0.29, 0.717) is 24.4 Å². The Kier molecular flexibility index (Phi) is 3.86. The fraction of sp³-hybridized carbons (Fsp3) is 0.222. The highest BCUT2D eigenvalue weighted by Gasteiger charge is 2.28. The number of halogens is 1. The minimum Gasteiger partial charge on any atom is -0.480 e. The monoisotopic (exact) mass is 341 g/mol. The maximum Gasteiger partial charge on any atom is 0.261 e. The number of aromatic nitrogens is 2. The summed E-state index contributed by atoms with van der Waals surface area (Å²) < 4.78 is 7.65. The van der Waals surface area contributed by atoms with E-state index in [2.05, 4.69) is 10.3 Å². The van der Waals surface area contributed by atoms with E-state index < -0.39 is 6.10 Å². The molecule has 5 nitrogen and oxygen atoms in total. The second-order valence-electron chi connectivity index (χ2n) is 5.80. The number of pyridine rings is 1. The molecule has 122 valence electrons. The van der Waals surface area contributed by atoms with Crippen molar-refractivity contribution in [2.24, 2.45) is 0 Å². The Labute approximate surface area is 144 Å². The van der Waals surface area contributed by atoms with Crippen LogP contribution in [0.1, 0.15) is 11.3 Å². The second kappa shape index (κ2) is 6.17. The number of benzene rings is 1. The van der Waals surface area contributed by atoms with Gasteiger partial charge in [0, 0.05) is 36.8 Å². The lowest BCUT2D eigenvalue weighted by Gasteiger charge is -2.10. The number of carbonyl (C=O) groups is 1. The summed E-state index contributed by atoms with van der Waals surface area (Å²) in [6.07, 6.45) is 4.68. The molecule has 1 aliphatic rings. The third-order valence-electron chi connectivity index (χ3n) is 4.08. The first-order valence-corrected chi connectivity index (χ1v) is 8.22. The fourth-order valence-electron chi connectivity index (χ4n) is 2.90. The van der Waals surface area contributed by atoms with Crippen LogP contribution in [0.4, 0.5) is 0 Å². The molecule has 4 rings (SSSR count). The number of rotatable bonds is 4. The third kappa shape index (κ3) is 2.95. The highest BCUT2D eigenvalue weighted by Crippen LogP contribution is 2.31. The molecule has 0 saturated carbocycles. The van der Waals surface area contributed by atoms with Gasteiger partial charge in [0.15, 0.2) is 6.10 Å². The fourth-order valence-corrected chi connectivity index (χ4v) is 3.09. The minimum atomic E-state index is -0.487. The molecule has 3 heterocycles. The van der Waals surface area contributed by atoms with E-state index in [4.69, 9.17) is 16.3 Å². The summed E-state index contributed by atoms with van der Waals surface area (Å²) in [5, 5.41) is 3.58. The Morgan fingerprint density at radius 1 is 1.38 bits per heavy atom. The highest BCUT2D eigenvalue weighted by molar-refractivity contribution is 6.30. The van der Waals surface area contributed by atoms with Crippen molar-refractivity contribution < 1.29 is 9.53 Å². The summed E-state index contributed by atoms with van der Waals surface area (Å²) in [5.41, 5.74) is 2.83. The zero-order chi connectivity index (χ0) is 16.5. The molecule has 0 fully saturated rings. The summed E-state index contributed by atoms with van der Waals surface area (Å²) in [5.74, 6) is 0.631. The quantitative estimate of drug-likeness (QED) is 0.793. The number of imidazole rings is 1. The number of nitrogens with zero attached hydrogens (tertiary/aromatic N) is 2. The van der Waals surface area contributed by atoms with Crippen molar-refractivity contribution in [1.82, 2.24) is 14.7 Å². The van der Waals surface area contributed by atoms with E-state index in [1.807, 2.05) is 47.1 Å². The van der Waals surface area contributed by atoms with Crippen LogP contribution in [-0.2, 0) is 17.6 Å². The van der Waals surface area contributed by atoms with Gasteiger partial charge in [-0.2, -0.15) is 0 Å². The van der Waals surface area contributed by atoms with Crippen molar-refractivity contribution in [3.05, 3.63) is 65.1 Å². The molecule has 1 N–H and O–H groups in total. The predicted octanol–water partition coefficient (Wildman–Crippen LogP) is 2.65. The van der Waals surface area contributed by atoms with Gasteiger partial charge in [0.05, 0.1) is 5.69 Å². The molecule has 6 heteroatoms. The van der Waals surface area contributed by atoms with Gasteiger partial charge in [-0.1, -0.05) is 17.7 Å². The first kappa shape index (κ1) is 15.0. The highest BCUT2D eigenvalue weighted by atomic mass is 35.5. The Morgan fingerprint density at radius 3 is 3.17 bits per heavy atom. The lowest BCUT2D eigenvalue weighted by molar-refractivity contribution is -0.127. The van der Waals surface area contributed by atoms with Gasteiger partial charge in [0.1, 0.15) is 11.4 Å². The molecule has 0 unspecified atom stereocenters. The van der Waals surface area contributed by atoms with Crippen LogP contribution in [0.3, 0.4) is 0 Å². The first-order valence-electron chi connectivity index (χ1n) is 7.84. The predicted molar refractivity (Wildman–Crippen MR) is 91.5 cm³/mol. The van der Waals surface area contributed by atoms with Crippen LogP contribution in [0.15, 0.2) is 48.8 Å². The number of ether oxygens (including phenoxy) is 1. The van der Waals surface area contributed by atoms with E-state index in [9.17, 15) is 4.79 Å². The number of hydrogen-bond donors (Lipinski definition) is 1. The van der Waals surface area contributed by atoms with Crippen molar-refractivity contribution in [3.63, 3.8) is 0 Å². The van der Waals surface area contributed by atoms with Gasteiger partial charge in [0.25, 0.3) is 5.91 Å². The maximum absolute atomic E-state index is 12.3. The molecule has 2 aromatic heterocycles. The van der Waals surface area contributed by atoms with Gasteiger partial charge >= 0.3 is 0 Å². The van der Waals surface area contributed by atoms with Crippen molar-refractivity contribution in [2.45, 2.75) is 18.9 Å². The Bertz CT molecular complexity index is 873. The lowest BCUT2D eigenvalue weighted by atomic mass is 10.1. The molecule has 1 atom stereocenters. The zero-order valence-electron chi connectivity index (χ0n) is 12.9. The topological polar surface area (TPSA) is 55.6 Å². The van der Waals surface area contributed by atoms with Gasteiger partial charge < -0.3 is 14.5 Å². The number of carbonyl (C=O) groups excluding carboxylic acids is 1. The van der Waals surface area contributed by atoms with Crippen LogP contribution in [0.2, 0.25) is 5.02 Å². The number of hydrogen-bond acceptors (Lipinski definition) is 3. The van der Waals surface area contributed by atoms with E-state index in [1.54, 1.807) is 6.07 Å². The Balaban J connectivity index is 1.32. The van der Waals surface area contributed by atoms with Crippen LogP contribution < -0.4 is 10.1 Å². The van der Waals surface area contributed by atoms with E-state index >= 15 is 0 Å². The van der Waals surface area contributed by atoms with Gasteiger partial charge in [0.2, 0.25) is 0 Å². The third-order valence-corrected chi connectivity index (χ3v) is 4.32. The van der Waals surface area contributed by atoms with Crippen molar-refractivity contribution in [3.8, 4) is 5.75 Å². The molecule has 0 aliphatic carbocycles. The minimum absolute atomic E-state index is 0.105. The Morgan fingerprint density at radius 2 is 2.29 bits per heavy atom. The number of amides is 1. The normalized spacial score (nSPS) is 16.0. The first-order chi connectivity index (χ1) is 11.7. The molecule has 3 aromatic rings. The average Bonchev–Trinajstić information content (AvgIpc) is 3.17. The number of nitrogens with one attached hydrogen (secondary N) is 1. The van der Waals surface area contributed by atoms with Gasteiger partial charge in [-0.25, -0.2) is 4.98 Å². The van der Waals surface area contributed by atoms with Crippen LogP contribution in [0.25, 0.3) is 5.65 Å². The second-order valence-corrected chi connectivity index (χ2v) is 6.24. The summed E-state index contributed by atoms with van der Waals surface area (Å²) in [6, 6.07) is 11.3. The lowest BCUT2D eigenvalue weighted by Crippen LogP contribution is -2.38.